The van der Waals surface area contributed by atoms with E-state index in [-0.39, 0.29) is 5.41 Å². The second kappa shape index (κ2) is 1.51. The topological polar surface area (TPSA) is 24.7 Å². The third kappa shape index (κ3) is 0.459. The van der Waals surface area contributed by atoms with Gasteiger partial charge in [0, 0.05) is 12.4 Å². The fourth-order valence-corrected chi connectivity index (χ4v) is 2.32. The molecule has 0 radical (unpaired) electrons. The van der Waals surface area contributed by atoms with E-state index in [9.17, 15) is 0 Å². The zero-order chi connectivity index (χ0) is 8.47. The molecule has 4 rings (SSSR count). The first-order valence-electron chi connectivity index (χ1n) is 4.36. The number of rotatable bonds is 0. The molecule has 2 aliphatic carbocycles. The standard InChI is InChI=1S/C11H6N2/c1-2-10-11(5-7(11)6-13-10)8-3-4-12-9(1)8/h1-6H. The fourth-order valence-electron chi connectivity index (χ4n) is 2.32. The highest BCUT2D eigenvalue weighted by atomic mass is 14.9. The number of hydrogen-bond acceptors (Lipinski definition) is 2. The van der Waals surface area contributed by atoms with Crippen LogP contribution in [0.4, 0.5) is 0 Å². The van der Waals surface area contributed by atoms with Gasteiger partial charge >= 0.3 is 0 Å². The highest BCUT2D eigenvalue weighted by molar-refractivity contribution is 6.00. The molecule has 0 fully saturated rings. The lowest BCUT2D eigenvalue weighted by molar-refractivity contribution is 0.798. The highest BCUT2D eigenvalue weighted by Crippen LogP contribution is 2.62. The summed E-state index contributed by atoms with van der Waals surface area (Å²) in [5, 5.41) is 0. The number of dihydropyridines is 1. The van der Waals surface area contributed by atoms with E-state index in [0.717, 1.165) is 11.4 Å². The van der Waals surface area contributed by atoms with Crippen LogP contribution in [0.25, 0.3) is 0 Å². The lowest BCUT2D eigenvalue weighted by atomic mass is 9.83. The van der Waals surface area contributed by atoms with Gasteiger partial charge in [0.05, 0.1) is 16.8 Å². The largest absolute Gasteiger partial charge is 0.259 e. The Balaban J connectivity index is 2.03. The Labute approximate surface area is 75.4 Å². The molecule has 1 atom stereocenters. The Kier molecular flexibility index (Phi) is 0.680. The van der Waals surface area contributed by atoms with Gasteiger partial charge in [0.1, 0.15) is 0 Å². The Morgan fingerprint density at radius 1 is 1.08 bits per heavy atom. The van der Waals surface area contributed by atoms with Crippen molar-refractivity contribution in [2.45, 2.75) is 0 Å². The summed E-state index contributed by atoms with van der Waals surface area (Å²) in [6.07, 6.45) is 12.3. The van der Waals surface area contributed by atoms with Crippen molar-refractivity contribution < 1.29 is 0 Å². The van der Waals surface area contributed by atoms with E-state index in [1.165, 1.54) is 11.1 Å². The van der Waals surface area contributed by atoms with Crippen molar-refractivity contribution in [3.8, 4) is 0 Å². The lowest BCUT2D eigenvalue weighted by Gasteiger charge is -2.20. The van der Waals surface area contributed by atoms with Crippen molar-refractivity contribution in [3.05, 3.63) is 46.8 Å². The number of fused-ring (bicyclic) bond motifs is 1. The Morgan fingerprint density at radius 3 is 3.00 bits per heavy atom. The third-order valence-electron chi connectivity index (χ3n) is 3.05. The van der Waals surface area contributed by atoms with Crippen molar-refractivity contribution >= 4 is 12.4 Å². The maximum absolute atomic E-state index is 4.37. The average molecular weight is 166 g/mol. The SMILES string of the molecule is C1=NC2=CC=C3N=CC4=CC43C2=C1. The highest BCUT2D eigenvalue weighted by Gasteiger charge is 2.55. The van der Waals surface area contributed by atoms with Crippen LogP contribution in [0.3, 0.4) is 0 Å². The van der Waals surface area contributed by atoms with Gasteiger partial charge in [-0.15, -0.1) is 0 Å². The Morgan fingerprint density at radius 2 is 2.08 bits per heavy atom. The molecule has 0 aromatic rings. The van der Waals surface area contributed by atoms with Crippen LogP contribution in [-0.2, 0) is 0 Å². The molecule has 13 heavy (non-hydrogen) atoms. The van der Waals surface area contributed by atoms with Gasteiger partial charge in [-0.05, 0) is 29.4 Å². The summed E-state index contributed by atoms with van der Waals surface area (Å²) in [5.41, 5.74) is 4.95. The summed E-state index contributed by atoms with van der Waals surface area (Å²) in [6.45, 7) is 0. The minimum absolute atomic E-state index is 0.0561. The van der Waals surface area contributed by atoms with Gasteiger partial charge in [0.15, 0.2) is 0 Å². The molecule has 0 saturated carbocycles. The van der Waals surface area contributed by atoms with Gasteiger partial charge < -0.3 is 0 Å². The van der Waals surface area contributed by atoms with Gasteiger partial charge in [0.2, 0.25) is 0 Å². The zero-order valence-corrected chi connectivity index (χ0v) is 6.86. The molecule has 1 spiro atoms. The second-order valence-electron chi connectivity index (χ2n) is 3.63. The van der Waals surface area contributed by atoms with Crippen molar-refractivity contribution in [2.24, 2.45) is 15.4 Å². The molecule has 2 nitrogen and oxygen atoms in total. The minimum Gasteiger partial charge on any atom is -0.259 e. The van der Waals surface area contributed by atoms with Crippen LogP contribution in [0.2, 0.25) is 0 Å². The molecule has 4 aliphatic rings. The van der Waals surface area contributed by atoms with E-state index >= 15 is 0 Å². The van der Waals surface area contributed by atoms with Gasteiger partial charge in [-0.25, -0.2) is 0 Å². The Hall–Kier alpha value is -1.70. The molecule has 0 aromatic heterocycles. The lowest BCUT2D eigenvalue weighted by Crippen LogP contribution is -2.12. The first-order valence-corrected chi connectivity index (χ1v) is 4.36. The Bertz CT molecular complexity index is 512. The monoisotopic (exact) mass is 166 g/mol. The molecule has 60 valence electrons. The van der Waals surface area contributed by atoms with Crippen LogP contribution >= 0.6 is 0 Å². The first kappa shape index (κ1) is 5.86. The van der Waals surface area contributed by atoms with Crippen molar-refractivity contribution in [2.75, 3.05) is 0 Å². The summed E-state index contributed by atoms with van der Waals surface area (Å²) in [4.78, 5) is 8.67. The maximum Gasteiger partial charge on any atom is 0.0845 e. The van der Waals surface area contributed by atoms with E-state index in [4.69, 9.17) is 0 Å². The minimum atomic E-state index is 0.0561. The van der Waals surface area contributed by atoms with E-state index < -0.39 is 0 Å². The first-order chi connectivity index (χ1) is 6.41. The molecular weight excluding hydrogens is 160 g/mol. The summed E-state index contributed by atoms with van der Waals surface area (Å²) in [5.74, 6) is 0. The average Bonchev–Trinajstić information content (AvgIpc) is 2.61. The number of aliphatic imine (C=N–C) groups is 2. The predicted molar refractivity (Wildman–Crippen MR) is 51.7 cm³/mol. The summed E-state index contributed by atoms with van der Waals surface area (Å²) in [7, 11) is 0. The predicted octanol–water partition coefficient (Wildman–Crippen LogP) is 1.79. The van der Waals surface area contributed by atoms with Crippen molar-refractivity contribution in [1.29, 1.82) is 0 Å². The molecule has 0 saturated heterocycles. The van der Waals surface area contributed by atoms with Crippen LogP contribution < -0.4 is 0 Å². The van der Waals surface area contributed by atoms with E-state index in [0.29, 0.717) is 0 Å². The van der Waals surface area contributed by atoms with Gasteiger partial charge in [-0.2, -0.15) is 0 Å². The van der Waals surface area contributed by atoms with Gasteiger partial charge in [-0.1, -0.05) is 6.08 Å². The quantitative estimate of drug-likeness (QED) is 0.524. The summed E-state index contributed by atoms with van der Waals surface area (Å²) >= 11 is 0. The molecule has 2 heteroatoms. The molecule has 0 bridgehead atoms. The molecule has 0 N–H and O–H groups in total. The van der Waals surface area contributed by atoms with Crippen LogP contribution in [0.15, 0.2) is 56.8 Å². The van der Waals surface area contributed by atoms with E-state index in [2.05, 4.69) is 28.2 Å². The number of allylic oxidation sites excluding steroid dienone is 5. The maximum atomic E-state index is 4.37. The van der Waals surface area contributed by atoms with Crippen LogP contribution in [-0.4, -0.2) is 12.4 Å². The third-order valence-corrected chi connectivity index (χ3v) is 3.05. The second-order valence-corrected chi connectivity index (χ2v) is 3.63. The van der Waals surface area contributed by atoms with Crippen molar-refractivity contribution in [3.63, 3.8) is 0 Å². The molecule has 0 amide bonds. The molecule has 1 unspecified atom stereocenters. The van der Waals surface area contributed by atoms with Crippen LogP contribution in [0, 0.1) is 5.41 Å². The zero-order valence-electron chi connectivity index (χ0n) is 6.86. The number of hydrogen-bond donors (Lipinski definition) is 0. The van der Waals surface area contributed by atoms with Gasteiger partial charge in [-0.3, -0.25) is 9.98 Å². The smallest absolute Gasteiger partial charge is 0.0845 e. The molecular formula is C11H6N2. The fraction of sp³-hybridized carbons (Fsp3) is 0.0909. The van der Waals surface area contributed by atoms with E-state index in [1.807, 2.05) is 18.5 Å². The number of nitrogens with zero attached hydrogens (tertiary/aromatic N) is 2. The molecule has 2 heterocycles. The van der Waals surface area contributed by atoms with Crippen molar-refractivity contribution in [1.82, 2.24) is 0 Å². The van der Waals surface area contributed by atoms with Gasteiger partial charge in [0.25, 0.3) is 0 Å². The normalized spacial score (nSPS) is 35.7. The van der Waals surface area contributed by atoms with Crippen LogP contribution in [0.5, 0.6) is 0 Å². The molecule has 0 aromatic carbocycles. The summed E-state index contributed by atoms with van der Waals surface area (Å²) < 4.78 is 0. The van der Waals surface area contributed by atoms with E-state index in [1.54, 1.807) is 0 Å². The van der Waals surface area contributed by atoms with Crippen LogP contribution in [0.1, 0.15) is 0 Å². The molecule has 2 aliphatic heterocycles. The summed E-state index contributed by atoms with van der Waals surface area (Å²) in [6, 6.07) is 0.